The Morgan fingerprint density at radius 1 is 1.40 bits per heavy atom. The number of hydrogen-bond acceptors (Lipinski definition) is 3. The van der Waals surface area contributed by atoms with Crippen molar-refractivity contribution in [1.29, 1.82) is 0 Å². The lowest BCUT2D eigenvalue weighted by Gasteiger charge is -2.32. The normalized spacial score (nSPS) is 19.0. The number of carboxylic acid groups (broad SMARTS) is 1. The highest BCUT2D eigenvalue weighted by atomic mass is 32.1. The SMILES string of the molecule is O=C(O)CCC1CCCN(C(=O)CCc2cccs2)C1. The van der Waals surface area contributed by atoms with Crippen molar-refractivity contribution in [2.45, 2.75) is 38.5 Å². The van der Waals surface area contributed by atoms with Gasteiger partial charge >= 0.3 is 5.97 Å². The summed E-state index contributed by atoms with van der Waals surface area (Å²) >= 11 is 1.69. The Morgan fingerprint density at radius 3 is 2.95 bits per heavy atom. The van der Waals surface area contributed by atoms with Crippen LogP contribution in [0.15, 0.2) is 17.5 Å². The number of thiophene rings is 1. The number of hydrogen-bond donors (Lipinski definition) is 1. The molecule has 110 valence electrons. The average Bonchev–Trinajstić information content (AvgIpc) is 2.96. The van der Waals surface area contributed by atoms with Crippen LogP contribution in [0.3, 0.4) is 0 Å². The number of nitrogens with zero attached hydrogens (tertiary/aromatic N) is 1. The first-order chi connectivity index (χ1) is 9.65. The first-order valence-electron chi connectivity index (χ1n) is 7.17. The smallest absolute Gasteiger partial charge is 0.303 e. The maximum Gasteiger partial charge on any atom is 0.303 e. The Labute approximate surface area is 123 Å². The van der Waals surface area contributed by atoms with Crippen molar-refractivity contribution >= 4 is 23.2 Å². The molecule has 1 aromatic heterocycles. The fourth-order valence-corrected chi connectivity index (χ4v) is 3.41. The molecule has 1 fully saturated rings. The van der Waals surface area contributed by atoms with E-state index in [-0.39, 0.29) is 12.3 Å². The van der Waals surface area contributed by atoms with Crippen LogP contribution in [0.2, 0.25) is 0 Å². The monoisotopic (exact) mass is 295 g/mol. The van der Waals surface area contributed by atoms with Gasteiger partial charge in [0.25, 0.3) is 0 Å². The highest BCUT2D eigenvalue weighted by Gasteiger charge is 2.23. The van der Waals surface area contributed by atoms with E-state index in [9.17, 15) is 9.59 Å². The van der Waals surface area contributed by atoms with Gasteiger partial charge in [-0.25, -0.2) is 0 Å². The van der Waals surface area contributed by atoms with Gasteiger partial charge in [-0.3, -0.25) is 9.59 Å². The predicted molar refractivity (Wildman–Crippen MR) is 78.8 cm³/mol. The van der Waals surface area contributed by atoms with E-state index < -0.39 is 5.97 Å². The molecule has 1 unspecified atom stereocenters. The zero-order valence-corrected chi connectivity index (χ0v) is 12.4. The number of rotatable bonds is 6. The molecule has 1 aromatic rings. The molecule has 0 aromatic carbocycles. The van der Waals surface area contributed by atoms with Crippen LogP contribution in [0.1, 0.15) is 37.0 Å². The average molecular weight is 295 g/mol. The summed E-state index contributed by atoms with van der Waals surface area (Å²) < 4.78 is 0. The number of amides is 1. The third kappa shape index (κ3) is 4.63. The van der Waals surface area contributed by atoms with Crippen LogP contribution in [0.4, 0.5) is 0 Å². The molecule has 1 atom stereocenters. The number of aryl methyl sites for hydroxylation is 1. The predicted octanol–water partition coefficient (Wildman–Crippen LogP) is 2.78. The lowest BCUT2D eigenvalue weighted by molar-refractivity contribution is -0.137. The molecule has 0 saturated carbocycles. The van der Waals surface area contributed by atoms with Gasteiger partial charge in [-0.05, 0) is 43.0 Å². The van der Waals surface area contributed by atoms with Crippen molar-refractivity contribution in [3.8, 4) is 0 Å². The standard InChI is InChI=1S/C15H21NO3S/c17-14(7-6-13-4-2-10-20-13)16-9-1-3-12(11-16)5-8-15(18)19/h2,4,10,12H,1,3,5-9,11H2,(H,18,19). The maximum absolute atomic E-state index is 12.2. The summed E-state index contributed by atoms with van der Waals surface area (Å²) in [7, 11) is 0. The third-order valence-corrected chi connectivity index (χ3v) is 4.74. The number of carbonyl (C=O) groups is 2. The van der Waals surface area contributed by atoms with Crippen molar-refractivity contribution in [2.24, 2.45) is 5.92 Å². The third-order valence-electron chi connectivity index (χ3n) is 3.80. The molecule has 1 saturated heterocycles. The second-order valence-electron chi connectivity index (χ2n) is 5.36. The molecule has 5 heteroatoms. The van der Waals surface area contributed by atoms with E-state index in [0.717, 1.165) is 32.4 Å². The van der Waals surface area contributed by atoms with Gasteiger partial charge in [0.1, 0.15) is 0 Å². The van der Waals surface area contributed by atoms with E-state index in [1.807, 2.05) is 16.3 Å². The van der Waals surface area contributed by atoms with Gasteiger partial charge in [0.15, 0.2) is 0 Å². The van der Waals surface area contributed by atoms with Crippen molar-refractivity contribution < 1.29 is 14.7 Å². The zero-order chi connectivity index (χ0) is 14.4. The van der Waals surface area contributed by atoms with Gasteiger partial charge in [-0.15, -0.1) is 11.3 Å². The first-order valence-corrected chi connectivity index (χ1v) is 8.05. The van der Waals surface area contributed by atoms with Crippen LogP contribution in [-0.2, 0) is 16.0 Å². The van der Waals surface area contributed by atoms with Gasteiger partial charge in [-0.2, -0.15) is 0 Å². The second-order valence-corrected chi connectivity index (χ2v) is 6.39. The lowest BCUT2D eigenvalue weighted by Crippen LogP contribution is -2.40. The van der Waals surface area contributed by atoms with Crippen LogP contribution in [0.25, 0.3) is 0 Å². The topological polar surface area (TPSA) is 57.6 Å². The molecule has 0 aliphatic carbocycles. The van der Waals surface area contributed by atoms with E-state index in [0.29, 0.717) is 18.8 Å². The number of aliphatic carboxylic acids is 1. The minimum atomic E-state index is -0.744. The Hall–Kier alpha value is -1.36. The van der Waals surface area contributed by atoms with Gasteiger partial charge in [0, 0.05) is 30.8 Å². The Morgan fingerprint density at radius 2 is 2.25 bits per heavy atom. The van der Waals surface area contributed by atoms with Gasteiger partial charge < -0.3 is 10.0 Å². The molecule has 1 aliphatic heterocycles. The van der Waals surface area contributed by atoms with Crippen molar-refractivity contribution in [3.05, 3.63) is 22.4 Å². The summed E-state index contributed by atoms with van der Waals surface area (Å²) in [4.78, 5) is 26.0. The summed E-state index contributed by atoms with van der Waals surface area (Å²) in [5.41, 5.74) is 0. The van der Waals surface area contributed by atoms with Crippen LogP contribution < -0.4 is 0 Å². The molecule has 0 bridgehead atoms. The van der Waals surface area contributed by atoms with Crippen molar-refractivity contribution in [2.75, 3.05) is 13.1 Å². The summed E-state index contributed by atoms with van der Waals surface area (Å²) in [5.74, 6) is -0.185. The number of piperidine rings is 1. The number of carboxylic acids is 1. The summed E-state index contributed by atoms with van der Waals surface area (Å²) in [6.07, 6.45) is 4.31. The summed E-state index contributed by atoms with van der Waals surface area (Å²) in [6, 6.07) is 4.07. The molecule has 1 N–H and O–H groups in total. The summed E-state index contributed by atoms with van der Waals surface area (Å²) in [5, 5.41) is 10.8. The Balaban J connectivity index is 1.76. The Bertz CT molecular complexity index is 444. The molecule has 2 rings (SSSR count). The van der Waals surface area contributed by atoms with E-state index in [1.54, 1.807) is 11.3 Å². The van der Waals surface area contributed by atoms with Gasteiger partial charge in [0.05, 0.1) is 0 Å². The molecule has 4 nitrogen and oxygen atoms in total. The fraction of sp³-hybridized carbons (Fsp3) is 0.600. The largest absolute Gasteiger partial charge is 0.481 e. The Kier molecular flexibility index (Phi) is 5.59. The highest BCUT2D eigenvalue weighted by Crippen LogP contribution is 2.22. The van der Waals surface area contributed by atoms with E-state index >= 15 is 0 Å². The van der Waals surface area contributed by atoms with E-state index in [1.165, 1.54) is 4.88 Å². The molecule has 0 spiro atoms. The maximum atomic E-state index is 12.2. The first kappa shape index (κ1) is 15.0. The minimum Gasteiger partial charge on any atom is -0.481 e. The molecular weight excluding hydrogens is 274 g/mol. The van der Waals surface area contributed by atoms with Crippen LogP contribution in [0, 0.1) is 5.92 Å². The highest BCUT2D eigenvalue weighted by molar-refractivity contribution is 7.09. The molecular formula is C15H21NO3S. The zero-order valence-electron chi connectivity index (χ0n) is 11.6. The molecule has 0 radical (unpaired) electrons. The minimum absolute atomic E-state index is 0.207. The lowest BCUT2D eigenvalue weighted by atomic mass is 9.93. The van der Waals surface area contributed by atoms with E-state index in [4.69, 9.17) is 5.11 Å². The summed E-state index contributed by atoms with van der Waals surface area (Å²) in [6.45, 7) is 1.56. The molecule has 1 aliphatic rings. The quantitative estimate of drug-likeness (QED) is 0.878. The molecule has 20 heavy (non-hydrogen) atoms. The van der Waals surface area contributed by atoms with Crippen LogP contribution in [-0.4, -0.2) is 35.0 Å². The van der Waals surface area contributed by atoms with E-state index in [2.05, 4.69) is 6.07 Å². The number of likely N-dealkylation sites (tertiary alicyclic amines) is 1. The number of carbonyl (C=O) groups excluding carboxylic acids is 1. The van der Waals surface area contributed by atoms with Crippen molar-refractivity contribution in [3.63, 3.8) is 0 Å². The second kappa shape index (κ2) is 7.43. The van der Waals surface area contributed by atoms with Gasteiger partial charge in [0.2, 0.25) is 5.91 Å². The van der Waals surface area contributed by atoms with Crippen molar-refractivity contribution in [1.82, 2.24) is 4.90 Å². The van der Waals surface area contributed by atoms with Gasteiger partial charge in [-0.1, -0.05) is 6.07 Å². The van der Waals surface area contributed by atoms with Crippen LogP contribution in [0.5, 0.6) is 0 Å². The molecule has 2 heterocycles. The van der Waals surface area contributed by atoms with Crippen LogP contribution >= 0.6 is 11.3 Å². The fourth-order valence-electron chi connectivity index (χ4n) is 2.70. The molecule has 1 amide bonds.